The SMILES string of the molecule is CC1(C)C[C@@H](N2C(=O)c3cccc(N4CCC[C@H](C(=O)N5CCN(c6cccc(Cl)c6)CC5)C4)c3C2=O)CCO1. The van der Waals surface area contributed by atoms with E-state index < -0.39 is 0 Å². The molecule has 0 saturated carbocycles. The van der Waals surface area contributed by atoms with Gasteiger partial charge in [-0.2, -0.15) is 0 Å². The molecule has 4 heterocycles. The first-order valence-corrected chi connectivity index (χ1v) is 14.8. The van der Waals surface area contributed by atoms with Crippen LogP contribution in [0.5, 0.6) is 0 Å². The number of piperazine rings is 1. The second-order valence-corrected chi connectivity index (χ2v) is 12.4. The number of anilines is 2. The third-order valence-corrected chi connectivity index (χ3v) is 9.07. The van der Waals surface area contributed by atoms with Crippen LogP contribution in [0.25, 0.3) is 0 Å². The van der Waals surface area contributed by atoms with Crippen molar-refractivity contribution in [1.82, 2.24) is 9.80 Å². The van der Waals surface area contributed by atoms with Crippen LogP contribution >= 0.6 is 11.6 Å². The van der Waals surface area contributed by atoms with Crippen LogP contribution in [0.2, 0.25) is 5.02 Å². The molecule has 0 unspecified atom stereocenters. The number of piperidine rings is 1. The van der Waals surface area contributed by atoms with E-state index in [4.69, 9.17) is 16.3 Å². The minimum absolute atomic E-state index is 0.137. The Balaban J connectivity index is 1.15. The maximum Gasteiger partial charge on any atom is 0.263 e. The highest BCUT2D eigenvalue weighted by atomic mass is 35.5. The zero-order chi connectivity index (χ0) is 28.0. The molecular formula is C31H37ClN4O4. The monoisotopic (exact) mass is 564 g/mol. The van der Waals surface area contributed by atoms with E-state index in [1.54, 1.807) is 6.07 Å². The molecule has 0 radical (unpaired) electrons. The summed E-state index contributed by atoms with van der Waals surface area (Å²) in [6, 6.07) is 13.2. The van der Waals surface area contributed by atoms with E-state index >= 15 is 0 Å². The van der Waals surface area contributed by atoms with Crippen molar-refractivity contribution in [3.05, 3.63) is 58.6 Å². The molecule has 0 spiro atoms. The van der Waals surface area contributed by atoms with E-state index in [0.717, 1.165) is 43.9 Å². The van der Waals surface area contributed by atoms with Gasteiger partial charge in [0.15, 0.2) is 0 Å². The fourth-order valence-corrected chi connectivity index (χ4v) is 7.00. The fourth-order valence-electron chi connectivity index (χ4n) is 6.81. The summed E-state index contributed by atoms with van der Waals surface area (Å²) in [5, 5.41) is 0.714. The van der Waals surface area contributed by atoms with Crippen LogP contribution in [0.4, 0.5) is 11.4 Å². The van der Waals surface area contributed by atoms with E-state index in [0.29, 0.717) is 55.2 Å². The third kappa shape index (κ3) is 5.07. The first kappa shape index (κ1) is 27.1. The lowest BCUT2D eigenvalue weighted by Crippen LogP contribution is -2.52. The molecule has 3 saturated heterocycles. The van der Waals surface area contributed by atoms with Crippen molar-refractivity contribution >= 4 is 40.7 Å². The molecule has 8 nitrogen and oxygen atoms in total. The lowest BCUT2D eigenvalue weighted by molar-refractivity contribution is -0.136. The summed E-state index contributed by atoms with van der Waals surface area (Å²) in [5.74, 6) is -0.394. The molecule has 0 aromatic heterocycles. The van der Waals surface area contributed by atoms with Crippen molar-refractivity contribution in [2.75, 3.05) is 55.7 Å². The minimum atomic E-state index is -0.374. The molecule has 2 atom stereocenters. The van der Waals surface area contributed by atoms with Gasteiger partial charge in [-0.25, -0.2) is 0 Å². The van der Waals surface area contributed by atoms with Gasteiger partial charge in [0, 0.05) is 62.6 Å². The summed E-state index contributed by atoms with van der Waals surface area (Å²) in [7, 11) is 0. The highest BCUT2D eigenvalue weighted by Crippen LogP contribution is 2.38. The van der Waals surface area contributed by atoms with Crippen LogP contribution in [0.15, 0.2) is 42.5 Å². The lowest BCUT2D eigenvalue weighted by atomic mass is 9.93. The van der Waals surface area contributed by atoms with E-state index in [1.807, 2.05) is 49.1 Å². The number of carbonyl (C=O) groups excluding carboxylic acids is 3. The van der Waals surface area contributed by atoms with Crippen LogP contribution in [0.3, 0.4) is 0 Å². The second-order valence-electron chi connectivity index (χ2n) is 12.0. The van der Waals surface area contributed by atoms with Crippen LogP contribution in [-0.4, -0.2) is 85.0 Å². The number of nitrogens with zero attached hydrogens (tertiary/aromatic N) is 4. The molecule has 40 heavy (non-hydrogen) atoms. The number of hydrogen-bond acceptors (Lipinski definition) is 6. The first-order valence-electron chi connectivity index (χ1n) is 14.4. The highest BCUT2D eigenvalue weighted by molar-refractivity contribution is 6.30. The van der Waals surface area contributed by atoms with Crippen molar-refractivity contribution in [1.29, 1.82) is 0 Å². The molecule has 4 aliphatic heterocycles. The maximum absolute atomic E-state index is 13.8. The van der Waals surface area contributed by atoms with Crippen LogP contribution in [-0.2, 0) is 9.53 Å². The van der Waals surface area contributed by atoms with E-state index in [2.05, 4.69) is 15.9 Å². The number of hydrogen-bond donors (Lipinski definition) is 0. The Bertz CT molecular complexity index is 1320. The summed E-state index contributed by atoms with van der Waals surface area (Å²) < 4.78 is 5.84. The third-order valence-electron chi connectivity index (χ3n) is 8.84. The van der Waals surface area contributed by atoms with Gasteiger partial charge in [0.1, 0.15) is 0 Å². The van der Waals surface area contributed by atoms with Gasteiger partial charge in [0.2, 0.25) is 5.91 Å². The van der Waals surface area contributed by atoms with Gasteiger partial charge in [-0.05, 0) is 69.9 Å². The summed E-state index contributed by atoms with van der Waals surface area (Å²) in [5.41, 5.74) is 2.44. The molecule has 4 aliphatic rings. The maximum atomic E-state index is 13.8. The number of ether oxygens (including phenoxy) is 1. The molecule has 9 heteroatoms. The van der Waals surface area contributed by atoms with Crippen molar-refractivity contribution in [3.8, 4) is 0 Å². The van der Waals surface area contributed by atoms with Crippen molar-refractivity contribution < 1.29 is 19.1 Å². The molecule has 6 rings (SSSR count). The second kappa shape index (κ2) is 10.7. The topological polar surface area (TPSA) is 73.4 Å². The highest BCUT2D eigenvalue weighted by Gasteiger charge is 2.45. The largest absolute Gasteiger partial charge is 0.375 e. The Labute approximate surface area is 240 Å². The number of amides is 3. The standard InChI is InChI=1S/C31H37ClN4O4/c1-31(2)19-24(11-17-40-31)36-29(38)25-9-4-10-26(27(25)30(36)39)35-12-5-6-21(20-35)28(37)34-15-13-33(14-16-34)23-8-3-7-22(32)18-23/h3-4,7-10,18,21,24H,5-6,11-17,19-20H2,1-2H3/t21-,24-/m0/s1. The number of carbonyl (C=O) groups is 3. The van der Waals surface area contributed by atoms with E-state index in [1.165, 1.54) is 4.90 Å². The zero-order valence-corrected chi connectivity index (χ0v) is 24.0. The van der Waals surface area contributed by atoms with Crippen molar-refractivity contribution in [2.24, 2.45) is 5.92 Å². The molecule has 3 amide bonds. The van der Waals surface area contributed by atoms with Gasteiger partial charge in [0.25, 0.3) is 11.8 Å². The number of halogens is 1. The Morgan fingerprint density at radius 3 is 2.48 bits per heavy atom. The molecule has 2 aromatic rings. The van der Waals surface area contributed by atoms with Crippen LogP contribution in [0.1, 0.15) is 60.2 Å². The first-order chi connectivity index (χ1) is 19.2. The zero-order valence-electron chi connectivity index (χ0n) is 23.3. The summed E-state index contributed by atoms with van der Waals surface area (Å²) in [6.45, 7) is 8.73. The Morgan fingerprint density at radius 2 is 1.73 bits per heavy atom. The van der Waals surface area contributed by atoms with E-state index in [-0.39, 0.29) is 35.3 Å². The van der Waals surface area contributed by atoms with Crippen LogP contribution in [0, 0.1) is 5.92 Å². The van der Waals surface area contributed by atoms with Crippen molar-refractivity contribution in [2.45, 2.75) is 51.2 Å². The Hall–Kier alpha value is -3.10. The number of imide groups is 1. The average molecular weight is 565 g/mol. The number of benzene rings is 2. The molecule has 0 N–H and O–H groups in total. The van der Waals surface area contributed by atoms with Gasteiger partial charge in [0.05, 0.1) is 28.3 Å². The molecular weight excluding hydrogens is 528 g/mol. The minimum Gasteiger partial charge on any atom is -0.375 e. The number of fused-ring (bicyclic) bond motifs is 1. The van der Waals surface area contributed by atoms with Gasteiger partial charge in [-0.1, -0.05) is 23.7 Å². The Kier molecular flexibility index (Phi) is 7.25. The predicted octanol–water partition coefficient (Wildman–Crippen LogP) is 4.46. The van der Waals surface area contributed by atoms with Gasteiger partial charge in [-0.3, -0.25) is 19.3 Å². The predicted molar refractivity (Wildman–Crippen MR) is 155 cm³/mol. The Morgan fingerprint density at radius 1 is 0.950 bits per heavy atom. The molecule has 0 bridgehead atoms. The smallest absolute Gasteiger partial charge is 0.263 e. The fraction of sp³-hybridized carbons (Fsp3) is 0.516. The normalized spacial score (nSPS) is 24.9. The van der Waals surface area contributed by atoms with Gasteiger partial charge >= 0.3 is 0 Å². The van der Waals surface area contributed by atoms with E-state index in [9.17, 15) is 14.4 Å². The summed E-state index contributed by atoms with van der Waals surface area (Å²) in [4.78, 5) is 48.7. The van der Waals surface area contributed by atoms with Crippen LogP contribution < -0.4 is 9.80 Å². The molecule has 2 aromatic carbocycles. The summed E-state index contributed by atoms with van der Waals surface area (Å²) >= 11 is 6.18. The van der Waals surface area contributed by atoms with Gasteiger partial charge in [-0.15, -0.1) is 0 Å². The lowest BCUT2D eigenvalue weighted by Gasteiger charge is -2.40. The van der Waals surface area contributed by atoms with Gasteiger partial charge < -0.3 is 19.4 Å². The van der Waals surface area contributed by atoms with Crippen molar-refractivity contribution in [3.63, 3.8) is 0 Å². The molecule has 3 fully saturated rings. The summed E-state index contributed by atoms with van der Waals surface area (Å²) in [6.07, 6.45) is 2.96. The molecule has 212 valence electrons. The average Bonchev–Trinajstić information content (AvgIpc) is 3.22. The number of rotatable bonds is 4. The molecule has 0 aliphatic carbocycles. The quantitative estimate of drug-likeness (QED) is 0.511.